The van der Waals surface area contributed by atoms with Crippen LogP contribution in [0.5, 0.6) is 5.75 Å². The third-order valence-electron chi connectivity index (χ3n) is 3.13. The first-order chi connectivity index (χ1) is 10.2. The number of aromatic nitrogens is 2. The predicted octanol–water partition coefficient (Wildman–Crippen LogP) is 1.71. The molecule has 0 aliphatic heterocycles. The van der Waals surface area contributed by atoms with Crippen LogP contribution in [0.25, 0.3) is 11.4 Å². The number of benzene rings is 1. The summed E-state index contributed by atoms with van der Waals surface area (Å²) in [6.07, 6.45) is 2.10. The van der Waals surface area contributed by atoms with Gasteiger partial charge in [0.2, 0.25) is 11.7 Å². The molecule has 0 bridgehead atoms. The van der Waals surface area contributed by atoms with Gasteiger partial charge < -0.3 is 19.9 Å². The molecule has 1 aromatic heterocycles. The van der Waals surface area contributed by atoms with Gasteiger partial charge in [-0.05, 0) is 37.1 Å². The standard InChI is InChI=1S/C14H16N4O3/c1-20-11-6-2-9(3-7-11)13-17-12(21-18-13)8-15-14(19)16-10-4-5-10/h2-3,6-7,10H,4-5,8H2,1H3,(H2,15,16,19). The summed E-state index contributed by atoms with van der Waals surface area (Å²) < 4.78 is 10.2. The van der Waals surface area contributed by atoms with Crippen molar-refractivity contribution in [1.29, 1.82) is 0 Å². The Morgan fingerprint density at radius 2 is 2.14 bits per heavy atom. The Labute approximate surface area is 121 Å². The summed E-state index contributed by atoms with van der Waals surface area (Å²) in [4.78, 5) is 15.7. The quantitative estimate of drug-likeness (QED) is 0.874. The highest BCUT2D eigenvalue weighted by Gasteiger charge is 2.23. The summed E-state index contributed by atoms with van der Waals surface area (Å²) >= 11 is 0. The first-order valence-corrected chi connectivity index (χ1v) is 6.76. The lowest BCUT2D eigenvalue weighted by Gasteiger charge is -2.02. The number of rotatable bonds is 5. The molecule has 0 spiro atoms. The zero-order valence-electron chi connectivity index (χ0n) is 11.6. The topological polar surface area (TPSA) is 89.3 Å². The molecule has 1 aliphatic rings. The number of hydrogen-bond donors (Lipinski definition) is 2. The summed E-state index contributed by atoms with van der Waals surface area (Å²) in [5.41, 5.74) is 0.827. The Bertz CT molecular complexity index is 619. The van der Waals surface area contributed by atoms with Crippen molar-refractivity contribution in [3.8, 4) is 17.1 Å². The van der Waals surface area contributed by atoms with E-state index in [4.69, 9.17) is 9.26 Å². The molecule has 0 radical (unpaired) electrons. The molecule has 2 N–H and O–H groups in total. The summed E-state index contributed by atoms with van der Waals surface area (Å²) in [6, 6.07) is 7.46. The monoisotopic (exact) mass is 288 g/mol. The Morgan fingerprint density at radius 1 is 1.38 bits per heavy atom. The molecule has 2 aromatic rings. The summed E-state index contributed by atoms with van der Waals surface area (Å²) in [7, 11) is 1.61. The Morgan fingerprint density at radius 3 is 2.81 bits per heavy atom. The summed E-state index contributed by atoms with van der Waals surface area (Å²) in [5, 5.41) is 9.40. The van der Waals surface area contributed by atoms with E-state index < -0.39 is 0 Å². The van der Waals surface area contributed by atoms with Crippen LogP contribution in [-0.4, -0.2) is 29.3 Å². The van der Waals surface area contributed by atoms with E-state index in [1.54, 1.807) is 7.11 Å². The largest absolute Gasteiger partial charge is 0.497 e. The number of amides is 2. The van der Waals surface area contributed by atoms with Crippen LogP contribution in [0.4, 0.5) is 4.79 Å². The molecule has 1 heterocycles. The van der Waals surface area contributed by atoms with Crippen molar-refractivity contribution in [3.05, 3.63) is 30.2 Å². The molecule has 1 aromatic carbocycles. The van der Waals surface area contributed by atoms with Gasteiger partial charge in [-0.15, -0.1) is 0 Å². The molecule has 0 saturated heterocycles. The third kappa shape index (κ3) is 3.50. The maximum atomic E-state index is 11.5. The van der Waals surface area contributed by atoms with E-state index in [0.717, 1.165) is 24.2 Å². The van der Waals surface area contributed by atoms with E-state index in [0.29, 0.717) is 17.8 Å². The molecule has 0 unspecified atom stereocenters. The molecular formula is C14H16N4O3. The highest BCUT2D eigenvalue weighted by atomic mass is 16.5. The first-order valence-electron chi connectivity index (χ1n) is 6.76. The van der Waals surface area contributed by atoms with Crippen LogP contribution >= 0.6 is 0 Å². The number of methoxy groups -OCH3 is 1. The second-order valence-electron chi connectivity index (χ2n) is 4.84. The maximum absolute atomic E-state index is 11.5. The molecule has 7 nitrogen and oxygen atoms in total. The van der Waals surface area contributed by atoms with Crippen LogP contribution in [0.1, 0.15) is 18.7 Å². The molecule has 3 rings (SSSR count). The van der Waals surface area contributed by atoms with Gasteiger partial charge in [0.1, 0.15) is 5.75 Å². The van der Waals surface area contributed by atoms with Gasteiger partial charge in [-0.25, -0.2) is 4.79 Å². The van der Waals surface area contributed by atoms with E-state index in [9.17, 15) is 4.79 Å². The summed E-state index contributed by atoms with van der Waals surface area (Å²) in [5.74, 6) is 1.62. The Balaban J connectivity index is 1.58. The van der Waals surface area contributed by atoms with Crippen molar-refractivity contribution in [2.45, 2.75) is 25.4 Å². The highest BCUT2D eigenvalue weighted by molar-refractivity contribution is 5.74. The van der Waals surface area contributed by atoms with Gasteiger partial charge >= 0.3 is 6.03 Å². The van der Waals surface area contributed by atoms with E-state index in [2.05, 4.69) is 20.8 Å². The molecular weight excluding hydrogens is 272 g/mol. The molecule has 0 atom stereocenters. The molecule has 1 saturated carbocycles. The van der Waals surface area contributed by atoms with E-state index in [1.807, 2.05) is 24.3 Å². The minimum Gasteiger partial charge on any atom is -0.497 e. The zero-order chi connectivity index (χ0) is 14.7. The number of hydrogen-bond acceptors (Lipinski definition) is 5. The fourth-order valence-corrected chi connectivity index (χ4v) is 1.80. The number of ether oxygens (including phenoxy) is 1. The molecule has 21 heavy (non-hydrogen) atoms. The molecule has 2 amide bonds. The lowest BCUT2D eigenvalue weighted by atomic mass is 10.2. The second-order valence-corrected chi connectivity index (χ2v) is 4.84. The van der Waals surface area contributed by atoms with Crippen LogP contribution < -0.4 is 15.4 Å². The first kappa shape index (κ1) is 13.4. The predicted molar refractivity (Wildman–Crippen MR) is 74.7 cm³/mol. The van der Waals surface area contributed by atoms with Gasteiger partial charge in [0.15, 0.2) is 0 Å². The number of carbonyl (C=O) groups is 1. The second kappa shape index (κ2) is 5.82. The van der Waals surface area contributed by atoms with Crippen molar-refractivity contribution in [1.82, 2.24) is 20.8 Å². The lowest BCUT2D eigenvalue weighted by molar-refractivity contribution is 0.238. The van der Waals surface area contributed by atoms with Gasteiger partial charge in [0, 0.05) is 11.6 Å². The van der Waals surface area contributed by atoms with Gasteiger partial charge in [0.25, 0.3) is 0 Å². The minimum absolute atomic E-state index is 0.207. The van der Waals surface area contributed by atoms with Gasteiger partial charge in [-0.2, -0.15) is 4.98 Å². The van der Waals surface area contributed by atoms with Crippen LogP contribution in [0.2, 0.25) is 0 Å². The van der Waals surface area contributed by atoms with E-state index in [-0.39, 0.29) is 12.6 Å². The van der Waals surface area contributed by atoms with Crippen LogP contribution in [0, 0.1) is 0 Å². The average molecular weight is 288 g/mol. The van der Waals surface area contributed by atoms with E-state index >= 15 is 0 Å². The van der Waals surface area contributed by atoms with Crippen molar-refractivity contribution >= 4 is 6.03 Å². The third-order valence-corrected chi connectivity index (χ3v) is 3.13. The normalized spacial score (nSPS) is 13.8. The van der Waals surface area contributed by atoms with Crippen molar-refractivity contribution in [2.75, 3.05) is 7.11 Å². The van der Waals surface area contributed by atoms with E-state index in [1.165, 1.54) is 0 Å². The fourth-order valence-electron chi connectivity index (χ4n) is 1.80. The maximum Gasteiger partial charge on any atom is 0.315 e. The smallest absolute Gasteiger partial charge is 0.315 e. The van der Waals surface area contributed by atoms with Crippen molar-refractivity contribution in [3.63, 3.8) is 0 Å². The SMILES string of the molecule is COc1ccc(-c2noc(CNC(=O)NC3CC3)n2)cc1. The highest BCUT2D eigenvalue weighted by Crippen LogP contribution is 2.20. The van der Waals surface area contributed by atoms with Gasteiger partial charge in [-0.3, -0.25) is 0 Å². The minimum atomic E-state index is -0.207. The van der Waals surface area contributed by atoms with Crippen molar-refractivity contribution in [2.24, 2.45) is 0 Å². The number of nitrogens with zero attached hydrogens (tertiary/aromatic N) is 2. The number of nitrogens with one attached hydrogen (secondary N) is 2. The Hall–Kier alpha value is -2.57. The van der Waals surface area contributed by atoms with Gasteiger partial charge in [-0.1, -0.05) is 5.16 Å². The lowest BCUT2D eigenvalue weighted by Crippen LogP contribution is -2.36. The van der Waals surface area contributed by atoms with Gasteiger partial charge in [0.05, 0.1) is 13.7 Å². The fraction of sp³-hybridized carbons (Fsp3) is 0.357. The van der Waals surface area contributed by atoms with Crippen LogP contribution in [0.15, 0.2) is 28.8 Å². The summed E-state index contributed by atoms with van der Waals surface area (Å²) in [6.45, 7) is 0.210. The molecule has 1 fully saturated rings. The van der Waals surface area contributed by atoms with Crippen molar-refractivity contribution < 1.29 is 14.1 Å². The number of urea groups is 1. The van der Waals surface area contributed by atoms with Crippen LogP contribution in [0.3, 0.4) is 0 Å². The molecule has 7 heteroatoms. The molecule has 1 aliphatic carbocycles. The zero-order valence-corrected chi connectivity index (χ0v) is 11.6. The number of carbonyl (C=O) groups excluding carboxylic acids is 1. The Kier molecular flexibility index (Phi) is 3.72. The van der Waals surface area contributed by atoms with Crippen LogP contribution in [-0.2, 0) is 6.54 Å². The average Bonchev–Trinajstić information content (AvgIpc) is 3.19. The molecule has 110 valence electrons.